The highest BCUT2D eigenvalue weighted by molar-refractivity contribution is 5.82. The van der Waals surface area contributed by atoms with Crippen LogP contribution in [0.2, 0.25) is 0 Å². The van der Waals surface area contributed by atoms with Gasteiger partial charge in [-0.1, -0.05) is 74.5 Å². The standard InChI is InChI=1S/C13H18O2.C10H13NO2/c1-10(14)13(2,3)12(15)9-11-7-5-4-6-8-11;12-10(11-13)8-4-7-9-5-2-1-3-6-9/h4-8,12,15H,9H2,1-3H3;1-3,5-6,13H,4,7-8H2,(H,11,12). The summed E-state index contributed by atoms with van der Waals surface area (Å²) in [5, 5.41) is 18.2. The van der Waals surface area contributed by atoms with Gasteiger partial charge in [0.1, 0.15) is 5.78 Å². The summed E-state index contributed by atoms with van der Waals surface area (Å²) in [6, 6.07) is 19.7. The van der Waals surface area contributed by atoms with Crippen molar-refractivity contribution < 1.29 is 19.9 Å². The summed E-state index contributed by atoms with van der Waals surface area (Å²) in [7, 11) is 0. The third-order valence-corrected chi connectivity index (χ3v) is 4.85. The van der Waals surface area contributed by atoms with Crippen molar-refractivity contribution in [2.45, 2.75) is 52.6 Å². The van der Waals surface area contributed by atoms with Gasteiger partial charge in [0.15, 0.2) is 0 Å². The van der Waals surface area contributed by atoms with Crippen molar-refractivity contribution in [2.24, 2.45) is 5.41 Å². The smallest absolute Gasteiger partial charge is 0.243 e. The third-order valence-electron chi connectivity index (χ3n) is 4.85. The monoisotopic (exact) mass is 385 g/mol. The van der Waals surface area contributed by atoms with Crippen LogP contribution in [0.15, 0.2) is 60.7 Å². The van der Waals surface area contributed by atoms with E-state index in [4.69, 9.17) is 5.21 Å². The number of carbonyl (C=O) groups excluding carboxylic acids is 2. The van der Waals surface area contributed by atoms with Crippen molar-refractivity contribution in [3.05, 3.63) is 71.8 Å². The van der Waals surface area contributed by atoms with Crippen LogP contribution in [0.25, 0.3) is 0 Å². The van der Waals surface area contributed by atoms with E-state index in [9.17, 15) is 14.7 Å². The minimum atomic E-state index is -0.671. The van der Waals surface area contributed by atoms with E-state index in [-0.39, 0.29) is 11.7 Å². The van der Waals surface area contributed by atoms with Crippen LogP contribution in [0, 0.1) is 5.41 Å². The van der Waals surface area contributed by atoms with E-state index in [2.05, 4.69) is 0 Å². The predicted molar refractivity (Wildman–Crippen MR) is 110 cm³/mol. The molecule has 0 fully saturated rings. The number of Topliss-reactive ketones (excluding diaryl/α,β-unsaturated/α-hetero) is 1. The van der Waals surface area contributed by atoms with Gasteiger partial charge in [-0.3, -0.25) is 14.8 Å². The van der Waals surface area contributed by atoms with E-state index in [1.165, 1.54) is 12.5 Å². The molecule has 2 aromatic carbocycles. The number of benzene rings is 2. The molecule has 0 aliphatic carbocycles. The second-order valence-electron chi connectivity index (χ2n) is 7.36. The Morgan fingerprint density at radius 2 is 1.46 bits per heavy atom. The van der Waals surface area contributed by atoms with E-state index in [0.29, 0.717) is 12.8 Å². The highest BCUT2D eigenvalue weighted by Gasteiger charge is 2.32. The molecule has 1 unspecified atom stereocenters. The highest BCUT2D eigenvalue weighted by Crippen LogP contribution is 2.24. The third kappa shape index (κ3) is 8.46. The number of hydrogen-bond acceptors (Lipinski definition) is 4. The molecule has 0 saturated carbocycles. The van der Waals surface area contributed by atoms with Crippen LogP contribution >= 0.6 is 0 Å². The molecular formula is C23H31NO4. The predicted octanol–water partition coefficient (Wildman–Crippen LogP) is 3.72. The van der Waals surface area contributed by atoms with Crippen molar-refractivity contribution in [3.8, 4) is 0 Å². The van der Waals surface area contributed by atoms with Crippen LogP contribution in [-0.2, 0) is 22.4 Å². The van der Waals surface area contributed by atoms with Crippen LogP contribution in [0.5, 0.6) is 0 Å². The molecule has 0 aromatic heterocycles. The van der Waals surface area contributed by atoms with Gasteiger partial charge in [-0.2, -0.15) is 0 Å². The number of amides is 1. The highest BCUT2D eigenvalue weighted by atomic mass is 16.5. The van der Waals surface area contributed by atoms with Crippen LogP contribution in [0.1, 0.15) is 44.7 Å². The molecule has 0 spiro atoms. The Labute approximate surface area is 167 Å². The number of carbonyl (C=O) groups is 2. The quantitative estimate of drug-likeness (QED) is 0.477. The number of aliphatic hydroxyl groups is 1. The summed E-state index contributed by atoms with van der Waals surface area (Å²) >= 11 is 0. The molecule has 2 rings (SSSR count). The van der Waals surface area contributed by atoms with Gasteiger partial charge in [-0.05, 0) is 37.3 Å². The zero-order valence-corrected chi connectivity index (χ0v) is 16.9. The fourth-order valence-electron chi connectivity index (χ4n) is 2.48. The number of aryl methyl sites for hydroxylation is 1. The Bertz CT molecular complexity index is 714. The SMILES string of the molecule is CC(=O)C(C)(C)C(O)Cc1ccccc1.O=C(CCCc1ccccc1)NO. The summed E-state index contributed by atoms with van der Waals surface area (Å²) in [6.45, 7) is 5.08. The van der Waals surface area contributed by atoms with Crippen LogP contribution in [0.3, 0.4) is 0 Å². The first-order valence-electron chi connectivity index (χ1n) is 9.47. The van der Waals surface area contributed by atoms with E-state index in [1.54, 1.807) is 19.3 Å². The van der Waals surface area contributed by atoms with Crippen LogP contribution in [0.4, 0.5) is 0 Å². The van der Waals surface area contributed by atoms with Gasteiger partial charge in [0, 0.05) is 11.8 Å². The minimum Gasteiger partial charge on any atom is -0.392 e. The Morgan fingerprint density at radius 1 is 0.964 bits per heavy atom. The maximum Gasteiger partial charge on any atom is 0.243 e. The molecule has 0 heterocycles. The number of aliphatic hydroxyl groups excluding tert-OH is 1. The van der Waals surface area contributed by atoms with Crippen molar-refractivity contribution in [2.75, 3.05) is 0 Å². The molecule has 1 amide bonds. The Hall–Kier alpha value is -2.50. The molecule has 0 saturated heterocycles. The first-order valence-corrected chi connectivity index (χ1v) is 9.47. The second-order valence-corrected chi connectivity index (χ2v) is 7.36. The lowest BCUT2D eigenvalue weighted by Gasteiger charge is -2.27. The van der Waals surface area contributed by atoms with Gasteiger partial charge in [0.05, 0.1) is 6.10 Å². The Balaban J connectivity index is 0.000000283. The van der Waals surface area contributed by atoms with Crippen molar-refractivity contribution in [3.63, 3.8) is 0 Å². The minimum absolute atomic E-state index is 0.0194. The maximum atomic E-state index is 11.3. The lowest BCUT2D eigenvalue weighted by Crippen LogP contribution is -2.37. The molecule has 0 aliphatic heterocycles. The van der Waals surface area contributed by atoms with Gasteiger partial charge < -0.3 is 5.11 Å². The first kappa shape index (κ1) is 23.5. The van der Waals surface area contributed by atoms with Crippen molar-refractivity contribution >= 4 is 11.7 Å². The van der Waals surface area contributed by atoms with Crippen molar-refractivity contribution in [1.82, 2.24) is 5.48 Å². The molecule has 152 valence electrons. The Kier molecular flexibility index (Phi) is 10.1. The maximum absolute atomic E-state index is 11.3. The summed E-state index contributed by atoms with van der Waals surface area (Å²) in [5.74, 6) is -0.304. The molecule has 3 N–H and O–H groups in total. The summed E-state index contributed by atoms with van der Waals surface area (Å²) in [4.78, 5) is 22.0. The molecular weight excluding hydrogens is 354 g/mol. The van der Waals surface area contributed by atoms with Gasteiger partial charge >= 0.3 is 0 Å². The largest absolute Gasteiger partial charge is 0.392 e. The number of nitrogens with one attached hydrogen (secondary N) is 1. The summed E-state index contributed by atoms with van der Waals surface area (Å²) in [6.07, 6.45) is 1.89. The molecule has 28 heavy (non-hydrogen) atoms. The molecule has 2 aromatic rings. The van der Waals surface area contributed by atoms with E-state index in [0.717, 1.165) is 18.4 Å². The van der Waals surface area contributed by atoms with E-state index < -0.39 is 11.5 Å². The molecule has 0 radical (unpaired) electrons. The van der Waals surface area contributed by atoms with E-state index in [1.807, 2.05) is 60.7 Å². The van der Waals surface area contributed by atoms with Gasteiger partial charge in [-0.25, -0.2) is 5.48 Å². The molecule has 0 bridgehead atoms. The Morgan fingerprint density at radius 3 is 1.93 bits per heavy atom. The fourth-order valence-corrected chi connectivity index (χ4v) is 2.48. The average molecular weight is 386 g/mol. The van der Waals surface area contributed by atoms with Gasteiger partial charge in [0.25, 0.3) is 0 Å². The zero-order valence-electron chi connectivity index (χ0n) is 16.9. The molecule has 5 nitrogen and oxygen atoms in total. The van der Waals surface area contributed by atoms with Crippen LogP contribution < -0.4 is 5.48 Å². The van der Waals surface area contributed by atoms with E-state index >= 15 is 0 Å². The van der Waals surface area contributed by atoms with Gasteiger partial charge in [0.2, 0.25) is 5.91 Å². The zero-order chi connectivity index (χ0) is 21.0. The number of hydroxylamine groups is 1. The van der Waals surface area contributed by atoms with Crippen LogP contribution in [-0.4, -0.2) is 28.1 Å². The second kappa shape index (κ2) is 12.1. The summed E-state index contributed by atoms with van der Waals surface area (Å²) < 4.78 is 0. The number of rotatable bonds is 8. The first-order chi connectivity index (χ1) is 13.3. The lowest BCUT2D eigenvalue weighted by atomic mass is 9.80. The number of ketones is 1. The normalized spacial score (nSPS) is 11.8. The molecule has 0 aliphatic rings. The topological polar surface area (TPSA) is 86.6 Å². The number of hydrogen-bond donors (Lipinski definition) is 3. The molecule has 1 atom stereocenters. The fraction of sp³-hybridized carbons (Fsp3) is 0.391. The molecule has 5 heteroatoms. The van der Waals surface area contributed by atoms with Gasteiger partial charge in [-0.15, -0.1) is 0 Å². The average Bonchev–Trinajstić information content (AvgIpc) is 2.69. The lowest BCUT2D eigenvalue weighted by molar-refractivity contribution is -0.130. The van der Waals surface area contributed by atoms with Crippen molar-refractivity contribution in [1.29, 1.82) is 0 Å². The summed E-state index contributed by atoms with van der Waals surface area (Å²) in [5.41, 5.74) is 3.21.